The van der Waals surface area contributed by atoms with E-state index in [2.05, 4.69) is 21.3 Å². The standard InChI is InChI=1S/C20H25N3O3/c1-25-17-11-16(12-18(13-17)26-2)20(24)22-14-23-9-6-15(7-10-23)19-5-3-4-8-21-19/h3-5,8,11-13,15H,6-7,9-10,14H2,1-2H3,(H,22,24). The maximum atomic E-state index is 12.5. The van der Waals surface area contributed by atoms with E-state index in [1.54, 1.807) is 32.4 Å². The third-order valence-electron chi connectivity index (χ3n) is 4.77. The number of nitrogens with one attached hydrogen (secondary N) is 1. The summed E-state index contributed by atoms with van der Waals surface area (Å²) in [6.45, 7) is 2.43. The molecule has 2 heterocycles. The Kier molecular flexibility index (Phi) is 6.07. The molecule has 1 aliphatic heterocycles. The molecular weight excluding hydrogens is 330 g/mol. The normalized spacial score (nSPS) is 15.5. The van der Waals surface area contributed by atoms with E-state index in [0.717, 1.165) is 25.9 Å². The number of benzene rings is 1. The van der Waals surface area contributed by atoms with E-state index in [1.165, 1.54) is 5.69 Å². The Labute approximate surface area is 154 Å². The second-order valence-electron chi connectivity index (χ2n) is 6.41. The number of piperidine rings is 1. The van der Waals surface area contributed by atoms with Crippen molar-refractivity contribution < 1.29 is 14.3 Å². The van der Waals surface area contributed by atoms with E-state index >= 15 is 0 Å². The first kappa shape index (κ1) is 18.2. The van der Waals surface area contributed by atoms with Gasteiger partial charge in [0.25, 0.3) is 5.91 Å². The first-order valence-corrected chi connectivity index (χ1v) is 8.84. The number of ether oxygens (including phenoxy) is 2. The van der Waals surface area contributed by atoms with Crippen LogP contribution < -0.4 is 14.8 Å². The Morgan fingerprint density at radius 2 is 1.85 bits per heavy atom. The molecule has 1 aromatic carbocycles. The zero-order chi connectivity index (χ0) is 18.4. The molecule has 26 heavy (non-hydrogen) atoms. The molecular formula is C20H25N3O3. The van der Waals surface area contributed by atoms with Gasteiger partial charge in [0.2, 0.25) is 0 Å². The molecule has 1 saturated heterocycles. The fourth-order valence-electron chi connectivity index (χ4n) is 3.23. The van der Waals surface area contributed by atoms with E-state index in [1.807, 2.05) is 18.3 Å². The molecule has 1 aromatic heterocycles. The average molecular weight is 355 g/mol. The summed E-state index contributed by atoms with van der Waals surface area (Å²) in [5.41, 5.74) is 1.70. The number of hydrogen-bond acceptors (Lipinski definition) is 5. The van der Waals surface area contributed by atoms with Gasteiger partial charge >= 0.3 is 0 Å². The Morgan fingerprint density at radius 1 is 1.15 bits per heavy atom. The van der Waals surface area contributed by atoms with Gasteiger partial charge in [-0.15, -0.1) is 0 Å². The number of hydrogen-bond donors (Lipinski definition) is 1. The molecule has 0 saturated carbocycles. The summed E-state index contributed by atoms with van der Waals surface area (Å²) in [5.74, 6) is 1.58. The van der Waals surface area contributed by atoms with Crippen LogP contribution in [0.4, 0.5) is 0 Å². The highest BCUT2D eigenvalue weighted by Gasteiger charge is 2.21. The Bertz CT molecular complexity index is 706. The minimum absolute atomic E-state index is 0.131. The van der Waals surface area contributed by atoms with Gasteiger partial charge in [0.15, 0.2) is 0 Å². The van der Waals surface area contributed by atoms with Gasteiger partial charge in [0.1, 0.15) is 11.5 Å². The minimum atomic E-state index is -0.131. The maximum Gasteiger partial charge on any atom is 0.252 e. The molecule has 2 aromatic rings. The second-order valence-corrected chi connectivity index (χ2v) is 6.41. The number of methoxy groups -OCH3 is 2. The van der Waals surface area contributed by atoms with Crippen LogP contribution in [0, 0.1) is 0 Å². The van der Waals surface area contributed by atoms with E-state index in [0.29, 0.717) is 29.6 Å². The molecule has 6 nitrogen and oxygen atoms in total. The zero-order valence-electron chi connectivity index (χ0n) is 15.3. The number of rotatable bonds is 6. The summed E-state index contributed by atoms with van der Waals surface area (Å²) >= 11 is 0. The van der Waals surface area contributed by atoms with Crippen molar-refractivity contribution in [3.63, 3.8) is 0 Å². The molecule has 0 radical (unpaired) electrons. The largest absolute Gasteiger partial charge is 0.497 e. The highest BCUT2D eigenvalue weighted by atomic mass is 16.5. The van der Waals surface area contributed by atoms with Crippen molar-refractivity contribution in [2.45, 2.75) is 18.8 Å². The van der Waals surface area contributed by atoms with Crippen LogP contribution in [0.5, 0.6) is 11.5 Å². The number of carbonyl (C=O) groups excluding carboxylic acids is 1. The minimum Gasteiger partial charge on any atom is -0.497 e. The van der Waals surface area contributed by atoms with Crippen molar-refractivity contribution in [1.82, 2.24) is 15.2 Å². The lowest BCUT2D eigenvalue weighted by molar-refractivity contribution is 0.0910. The van der Waals surface area contributed by atoms with Gasteiger partial charge < -0.3 is 14.8 Å². The number of carbonyl (C=O) groups is 1. The molecule has 1 aliphatic rings. The monoisotopic (exact) mass is 355 g/mol. The summed E-state index contributed by atoms with van der Waals surface area (Å²) in [6.07, 6.45) is 3.96. The molecule has 0 unspecified atom stereocenters. The number of nitrogens with zero attached hydrogens (tertiary/aromatic N) is 2. The lowest BCUT2D eigenvalue weighted by atomic mass is 9.93. The number of aromatic nitrogens is 1. The molecule has 0 spiro atoms. The highest BCUT2D eigenvalue weighted by Crippen LogP contribution is 2.26. The van der Waals surface area contributed by atoms with Crippen LogP contribution in [0.3, 0.4) is 0 Å². The smallest absolute Gasteiger partial charge is 0.252 e. The molecule has 0 atom stereocenters. The lowest BCUT2D eigenvalue weighted by Gasteiger charge is -2.31. The molecule has 6 heteroatoms. The second kappa shape index (κ2) is 8.67. The number of pyridine rings is 1. The van der Waals surface area contributed by atoms with Gasteiger partial charge in [-0.1, -0.05) is 6.07 Å². The molecule has 1 N–H and O–H groups in total. The molecule has 3 rings (SSSR count). The Morgan fingerprint density at radius 3 is 2.42 bits per heavy atom. The Hall–Kier alpha value is -2.60. The number of likely N-dealkylation sites (tertiary alicyclic amines) is 1. The van der Waals surface area contributed by atoms with Crippen LogP contribution in [-0.2, 0) is 0 Å². The summed E-state index contributed by atoms with van der Waals surface area (Å²) < 4.78 is 10.4. The third kappa shape index (κ3) is 4.52. The maximum absolute atomic E-state index is 12.5. The predicted molar refractivity (Wildman–Crippen MR) is 99.7 cm³/mol. The van der Waals surface area contributed by atoms with Gasteiger partial charge in [-0.2, -0.15) is 0 Å². The van der Waals surface area contributed by atoms with Crippen LogP contribution in [0.1, 0.15) is 34.8 Å². The van der Waals surface area contributed by atoms with E-state index < -0.39 is 0 Å². The van der Waals surface area contributed by atoms with Gasteiger partial charge in [0.05, 0.1) is 20.9 Å². The molecule has 1 amide bonds. The fourth-order valence-corrected chi connectivity index (χ4v) is 3.23. The third-order valence-corrected chi connectivity index (χ3v) is 4.77. The summed E-state index contributed by atoms with van der Waals surface area (Å²) in [5, 5.41) is 2.99. The van der Waals surface area contributed by atoms with Crippen molar-refractivity contribution in [2.75, 3.05) is 34.0 Å². The first-order valence-electron chi connectivity index (χ1n) is 8.84. The zero-order valence-corrected chi connectivity index (χ0v) is 15.3. The van der Waals surface area contributed by atoms with Crippen LogP contribution in [-0.4, -0.2) is 49.8 Å². The van der Waals surface area contributed by atoms with Crippen molar-refractivity contribution in [2.24, 2.45) is 0 Å². The average Bonchev–Trinajstić information content (AvgIpc) is 2.72. The Balaban J connectivity index is 1.51. The topological polar surface area (TPSA) is 63.7 Å². The number of amides is 1. The van der Waals surface area contributed by atoms with Gasteiger partial charge in [-0.3, -0.25) is 14.7 Å². The predicted octanol–water partition coefficient (Wildman–Crippen LogP) is 2.67. The quantitative estimate of drug-likeness (QED) is 0.863. The van der Waals surface area contributed by atoms with Crippen molar-refractivity contribution in [1.29, 1.82) is 0 Å². The molecule has 138 valence electrons. The summed E-state index contributed by atoms with van der Waals surface area (Å²) in [4.78, 5) is 19.2. The van der Waals surface area contributed by atoms with Crippen LogP contribution >= 0.6 is 0 Å². The SMILES string of the molecule is COc1cc(OC)cc(C(=O)NCN2CCC(c3ccccn3)CC2)c1. The molecule has 0 bridgehead atoms. The van der Waals surface area contributed by atoms with Gasteiger partial charge in [-0.25, -0.2) is 0 Å². The van der Waals surface area contributed by atoms with E-state index in [4.69, 9.17) is 9.47 Å². The van der Waals surface area contributed by atoms with E-state index in [-0.39, 0.29) is 5.91 Å². The van der Waals surface area contributed by atoms with Gasteiger partial charge in [0, 0.05) is 42.5 Å². The summed E-state index contributed by atoms with van der Waals surface area (Å²) in [7, 11) is 3.14. The van der Waals surface area contributed by atoms with Crippen LogP contribution in [0.2, 0.25) is 0 Å². The van der Waals surface area contributed by atoms with Crippen molar-refractivity contribution in [3.05, 3.63) is 53.9 Å². The van der Waals surface area contributed by atoms with Crippen LogP contribution in [0.15, 0.2) is 42.6 Å². The summed E-state index contributed by atoms with van der Waals surface area (Å²) in [6, 6.07) is 11.3. The van der Waals surface area contributed by atoms with Gasteiger partial charge in [-0.05, 0) is 37.1 Å². The fraction of sp³-hybridized carbons (Fsp3) is 0.400. The lowest BCUT2D eigenvalue weighted by Crippen LogP contribution is -2.41. The molecule has 0 aliphatic carbocycles. The van der Waals surface area contributed by atoms with Crippen LogP contribution in [0.25, 0.3) is 0 Å². The van der Waals surface area contributed by atoms with Crippen molar-refractivity contribution >= 4 is 5.91 Å². The highest BCUT2D eigenvalue weighted by molar-refractivity contribution is 5.95. The van der Waals surface area contributed by atoms with E-state index in [9.17, 15) is 4.79 Å². The molecule has 1 fully saturated rings. The van der Waals surface area contributed by atoms with Crippen molar-refractivity contribution in [3.8, 4) is 11.5 Å². The first-order chi connectivity index (χ1) is 12.7.